The van der Waals surface area contributed by atoms with Gasteiger partial charge in [-0.05, 0) is 91.6 Å². The first-order valence-electron chi connectivity index (χ1n) is 13.4. The molecule has 5 rings (SSSR count). The summed E-state index contributed by atoms with van der Waals surface area (Å²) in [6.07, 6.45) is 19.0. The molecule has 1 aliphatic heterocycles. The molecule has 1 heterocycles. The van der Waals surface area contributed by atoms with Gasteiger partial charge in [-0.3, -0.25) is 9.59 Å². The van der Waals surface area contributed by atoms with Gasteiger partial charge < -0.3 is 5.32 Å². The van der Waals surface area contributed by atoms with Crippen molar-refractivity contribution in [2.24, 2.45) is 51.8 Å². The van der Waals surface area contributed by atoms with E-state index < -0.39 is 0 Å². The molecule has 1 N–H and O–H groups in total. The molecule has 0 spiro atoms. The number of nitrogens with one attached hydrogen (secondary N) is 1. The topological polar surface area (TPSA) is 46.2 Å². The molecule has 0 aromatic rings. The van der Waals surface area contributed by atoms with Gasteiger partial charge in [0.05, 0.1) is 5.92 Å². The molecule has 3 nitrogen and oxygen atoms in total. The first-order chi connectivity index (χ1) is 15.6. The summed E-state index contributed by atoms with van der Waals surface area (Å²) in [6.45, 7) is 11.3. The molecule has 5 aliphatic rings. The van der Waals surface area contributed by atoms with Crippen molar-refractivity contribution in [2.75, 3.05) is 0 Å². The molecule has 8 atom stereocenters. The normalized spacial score (nSPS) is 44.8. The summed E-state index contributed by atoms with van der Waals surface area (Å²) >= 11 is 0. The van der Waals surface area contributed by atoms with Crippen molar-refractivity contribution in [1.82, 2.24) is 5.32 Å². The van der Waals surface area contributed by atoms with Gasteiger partial charge in [-0.25, -0.2) is 0 Å². The van der Waals surface area contributed by atoms with E-state index in [1.165, 1.54) is 25.7 Å². The van der Waals surface area contributed by atoms with Crippen LogP contribution in [0.2, 0.25) is 0 Å². The van der Waals surface area contributed by atoms with Crippen molar-refractivity contribution in [3.05, 3.63) is 36.2 Å². The van der Waals surface area contributed by atoms with Gasteiger partial charge in [0.25, 0.3) is 0 Å². The van der Waals surface area contributed by atoms with Crippen LogP contribution in [0.15, 0.2) is 36.2 Å². The summed E-state index contributed by atoms with van der Waals surface area (Å²) in [7, 11) is 0. The number of fused-ring (bicyclic) bond motifs is 5. The van der Waals surface area contributed by atoms with Crippen LogP contribution in [-0.2, 0) is 9.59 Å². The van der Waals surface area contributed by atoms with Crippen LogP contribution in [0.1, 0.15) is 86.0 Å². The molecule has 0 aromatic heterocycles. The lowest BCUT2D eigenvalue weighted by atomic mass is 9.43. The van der Waals surface area contributed by atoms with Crippen molar-refractivity contribution in [3.63, 3.8) is 0 Å². The van der Waals surface area contributed by atoms with Gasteiger partial charge in [0, 0.05) is 29.7 Å². The fraction of sp³-hybridized carbons (Fsp3) is 0.733. The van der Waals surface area contributed by atoms with E-state index in [-0.39, 0.29) is 28.1 Å². The standard InChI is InChI=1S/C30H43NO2/c1-28(2,3)27(33)23-13-12-20-19-10-11-22-26(24-9-7-6-8-18-31-24)25(32)15-17-29(22,4)21(19)14-16-30(20,23)5/h6-9,18-23,26,31H,10-17H2,1-5H3/t19-,20-,21-,22-,23?,26?,29+,30-/m0/s1. The zero-order valence-electron chi connectivity index (χ0n) is 21.3. The summed E-state index contributed by atoms with van der Waals surface area (Å²) in [5.74, 6) is 3.65. The Morgan fingerprint density at radius 2 is 1.64 bits per heavy atom. The predicted octanol–water partition coefficient (Wildman–Crippen LogP) is 6.61. The molecular formula is C30H43NO2. The number of Topliss-reactive ketones (excluding diaryl/α,β-unsaturated/α-hetero) is 2. The average Bonchev–Trinajstić information content (AvgIpc) is 2.92. The fourth-order valence-electron chi connectivity index (χ4n) is 9.18. The average molecular weight is 450 g/mol. The highest BCUT2D eigenvalue weighted by Crippen LogP contribution is 2.68. The van der Waals surface area contributed by atoms with E-state index in [2.05, 4.69) is 52.1 Å². The zero-order valence-corrected chi connectivity index (χ0v) is 21.3. The van der Waals surface area contributed by atoms with Crippen LogP contribution >= 0.6 is 0 Å². The maximum Gasteiger partial charge on any atom is 0.142 e. The molecule has 180 valence electrons. The largest absolute Gasteiger partial charge is 0.364 e. The van der Waals surface area contributed by atoms with E-state index in [9.17, 15) is 9.59 Å². The maximum atomic E-state index is 13.4. The molecule has 0 saturated heterocycles. The molecule has 33 heavy (non-hydrogen) atoms. The van der Waals surface area contributed by atoms with Crippen LogP contribution in [0.5, 0.6) is 0 Å². The number of ketones is 2. The fourth-order valence-corrected chi connectivity index (χ4v) is 9.18. The highest BCUT2D eigenvalue weighted by Gasteiger charge is 2.63. The molecule has 0 amide bonds. The summed E-state index contributed by atoms with van der Waals surface area (Å²) in [5.41, 5.74) is 1.23. The van der Waals surface area contributed by atoms with Crippen LogP contribution in [0.4, 0.5) is 0 Å². The van der Waals surface area contributed by atoms with Gasteiger partial charge in [-0.2, -0.15) is 0 Å². The molecule has 0 radical (unpaired) electrons. The number of carbonyl (C=O) groups is 2. The number of carbonyl (C=O) groups excluding carboxylic acids is 2. The first-order valence-corrected chi connectivity index (χ1v) is 13.4. The van der Waals surface area contributed by atoms with E-state index in [0.717, 1.165) is 25.0 Å². The Morgan fingerprint density at radius 3 is 2.39 bits per heavy atom. The first kappa shape index (κ1) is 23.1. The minimum atomic E-state index is -0.248. The highest BCUT2D eigenvalue weighted by molar-refractivity contribution is 5.87. The van der Waals surface area contributed by atoms with Crippen LogP contribution in [0.3, 0.4) is 0 Å². The Kier molecular flexibility index (Phi) is 5.57. The van der Waals surface area contributed by atoms with Gasteiger partial charge >= 0.3 is 0 Å². The minimum Gasteiger partial charge on any atom is -0.364 e. The van der Waals surface area contributed by atoms with E-state index >= 15 is 0 Å². The Hall–Kier alpha value is -1.64. The zero-order chi connectivity index (χ0) is 23.6. The van der Waals surface area contributed by atoms with Crippen LogP contribution in [-0.4, -0.2) is 11.6 Å². The van der Waals surface area contributed by atoms with Gasteiger partial charge in [0.2, 0.25) is 0 Å². The summed E-state index contributed by atoms with van der Waals surface area (Å²) < 4.78 is 0. The molecule has 4 saturated carbocycles. The van der Waals surface area contributed by atoms with Crippen molar-refractivity contribution in [1.29, 1.82) is 0 Å². The second kappa shape index (κ2) is 7.95. The summed E-state index contributed by atoms with van der Waals surface area (Å²) in [6, 6.07) is 0. The molecule has 4 aliphatic carbocycles. The SMILES string of the molecule is CC(C)(C)C(=O)C1CC[C@H]2[C@@H]3CC[C@H]4C(C5=CC=CC=CN5)C(=O)CC[C@]4(C)[C@H]3CC[C@]12C. The Morgan fingerprint density at radius 1 is 0.909 bits per heavy atom. The summed E-state index contributed by atoms with van der Waals surface area (Å²) in [4.78, 5) is 26.6. The third-order valence-electron chi connectivity index (χ3n) is 10.8. The van der Waals surface area contributed by atoms with Crippen LogP contribution in [0.25, 0.3) is 0 Å². The molecule has 4 fully saturated rings. The van der Waals surface area contributed by atoms with Crippen molar-refractivity contribution < 1.29 is 9.59 Å². The van der Waals surface area contributed by atoms with E-state index in [1.807, 2.05) is 18.4 Å². The van der Waals surface area contributed by atoms with Gasteiger partial charge in [0.15, 0.2) is 0 Å². The summed E-state index contributed by atoms with van der Waals surface area (Å²) in [5, 5.41) is 3.44. The Labute approximate surface area is 200 Å². The molecular weight excluding hydrogens is 406 g/mol. The van der Waals surface area contributed by atoms with Gasteiger partial charge in [-0.15, -0.1) is 0 Å². The minimum absolute atomic E-state index is 0.00389. The lowest BCUT2D eigenvalue weighted by molar-refractivity contribution is -0.152. The third kappa shape index (κ3) is 3.51. The number of hydrogen-bond donors (Lipinski definition) is 1. The number of hydrogen-bond acceptors (Lipinski definition) is 3. The molecule has 0 bridgehead atoms. The Balaban J connectivity index is 1.43. The lowest BCUT2D eigenvalue weighted by Crippen LogP contribution is -2.57. The quantitative estimate of drug-likeness (QED) is 0.516. The van der Waals surface area contributed by atoms with Crippen LogP contribution < -0.4 is 5.32 Å². The van der Waals surface area contributed by atoms with Crippen molar-refractivity contribution in [2.45, 2.75) is 86.0 Å². The highest BCUT2D eigenvalue weighted by atomic mass is 16.1. The second-order valence-electron chi connectivity index (χ2n) is 13.3. The predicted molar refractivity (Wildman–Crippen MR) is 133 cm³/mol. The third-order valence-corrected chi connectivity index (χ3v) is 10.8. The molecule has 0 aromatic carbocycles. The number of rotatable bonds is 2. The van der Waals surface area contributed by atoms with E-state index in [0.29, 0.717) is 41.7 Å². The van der Waals surface area contributed by atoms with E-state index in [1.54, 1.807) is 0 Å². The van der Waals surface area contributed by atoms with Gasteiger partial charge in [0.1, 0.15) is 11.6 Å². The second-order valence-corrected chi connectivity index (χ2v) is 13.3. The smallest absolute Gasteiger partial charge is 0.142 e. The van der Waals surface area contributed by atoms with Crippen molar-refractivity contribution in [3.8, 4) is 0 Å². The maximum absolute atomic E-state index is 13.4. The van der Waals surface area contributed by atoms with Gasteiger partial charge in [-0.1, -0.05) is 46.8 Å². The van der Waals surface area contributed by atoms with E-state index in [4.69, 9.17) is 0 Å². The number of allylic oxidation sites excluding steroid dienone is 5. The monoisotopic (exact) mass is 449 g/mol. The van der Waals surface area contributed by atoms with Crippen molar-refractivity contribution >= 4 is 11.6 Å². The molecule has 2 unspecified atom stereocenters. The Bertz CT molecular complexity index is 920. The molecule has 3 heteroatoms. The lowest BCUT2D eigenvalue weighted by Gasteiger charge is -2.61. The van der Waals surface area contributed by atoms with Crippen LogP contribution in [0, 0.1) is 51.8 Å².